The number of cyclic esters (lactones) is 1. The maximum Gasteiger partial charge on any atom is 0.308 e. The van der Waals surface area contributed by atoms with E-state index in [1.165, 1.54) is 11.1 Å². The summed E-state index contributed by atoms with van der Waals surface area (Å²) in [6.07, 6.45) is -0.186. The average Bonchev–Trinajstić information content (AvgIpc) is 3.50. The van der Waals surface area contributed by atoms with Crippen molar-refractivity contribution in [2.45, 2.75) is 122 Å². The highest BCUT2D eigenvalue weighted by Gasteiger charge is 2.47. The van der Waals surface area contributed by atoms with Crippen molar-refractivity contribution < 1.29 is 44.2 Å². The molecule has 280 valence electrons. The van der Waals surface area contributed by atoms with Gasteiger partial charge >= 0.3 is 5.97 Å². The minimum atomic E-state index is -1.21. The number of fused-ring (bicyclic) bond motifs is 1. The van der Waals surface area contributed by atoms with Crippen LogP contribution in [-0.4, -0.2) is 118 Å². The number of aliphatic hydroxyl groups is 4. The summed E-state index contributed by atoms with van der Waals surface area (Å²) in [4.78, 5) is 31.0. The third-order valence-corrected chi connectivity index (χ3v) is 10.9. The Bertz CT molecular complexity index is 1310. The highest BCUT2D eigenvalue weighted by atomic mass is 16.7. The number of rotatable bonds is 8. The lowest BCUT2D eigenvalue weighted by Crippen LogP contribution is -2.63. The van der Waals surface area contributed by atoms with Crippen LogP contribution in [0.15, 0.2) is 48.1 Å². The van der Waals surface area contributed by atoms with Crippen LogP contribution in [0.1, 0.15) is 71.4 Å². The predicted octanol–water partition coefficient (Wildman–Crippen LogP) is 3.22. The van der Waals surface area contributed by atoms with Crippen molar-refractivity contribution in [3.05, 3.63) is 59.2 Å². The summed E-state index contributed by atoms with van der Waals surface area (Å²) in [5.74, 6) is -2.46. The van der Waals surface area contributed by atoms with E-state index >= 15 is 0 Å². The quantitative estimate of drug-likeness (QED) is 0.296. The Morgan fingerprint density at radius 1 is 1.00 bits per heavy atom. The van der Waals surface area contributed by atoms with Gasteiger partial charge in [-0.1, -0.05) is 62.8 Å². The molecule has 0 unspecified atom stereocenters. The van der Waals surface area contributed by atoms with Crippen molar-refractivity contribution in [3.63, 3.8) is 0 Å². The summed E-state index contributed by atoms with van der Waals surface area (Å²) in [6.45, 7) is 11.2. The van der Waals surface area contributed by atoms with E-state index in [1.807, 2.05) is 45.9 Å². The number of esters is 1. The molecule has 3 aliphatic heterocycles. The first-order chi connectivity index (χ1) is 23.7. The third-order valence-electron chi connectivity index (χ3n) is 10.9. The number of hydrogen-bond donors (Lipinski definition) is 4. The van der Waals surface area contributed by atoms with Crippen molar-refractivity contribution in [2.75, 3.05) is 27.2 Å². The van der Waals surface area contributed by atoms with E-state index < -0.39 is 72.7 Å². The third kappa shape index (κ3) is 10.1. The number of nitrogens with zero attached hydrogens (tertiary/aromatic N) is 2. The van der Waals surface area contributed by atoms with Crippen molar-refractivity contribution in [3.8, 4) is 0 Å². The predicted molar refractivity (Wildman–Crippen MR) is 190 cm³/mol. The average molecular weight is 701 g/mol. The van der Waals surface area contributed by atoms with E-state index in [1.54, 1.807) is 38.1 Å². The number of allylic oxidation sites excluding steroid dienone is 3. The second-order valence-corrected chi connectivity index (χ2v) is 15.0. The molecule has 12 atom stereocenters. The number of ether oxygens (including phenoxy) is 3. The number of ketones is 1. The molecule has 0 aromatic heterocycles. The fourth-order valence-corrected chi connectivity index (χ4v) is 7.77. The van der Waals surface area contributed by atoms with Crippen LogP contribution in [0.5, 0.6) is 0 Å². The first kappa shape index (κ1) is 40.3. The zero-order valence-electron chi connectivity index (χ0n) is 30.9. The minimum Gasteiger partial charge on any atom is -0.462 e. The molecular weight excluding hydrogens is 640 g/mol. The fraction of sp³-hybridized carbons (Fsp3) is 0.692. The molecule has 1 aromatic rings. The van der Waals surface area contributed by atoms with Crippen LogP contribution in [0.4, 0.5) is 0 Å². The molecule has 0 spiro atoms. The maximum absolute atomic E-state index is 13.6. The maximum atomic E-state index is 13.6. The van der Waals surface area contributed by atoms with Crippen molar-refractivity contribution >= 4 is 11.8 Å². The Morgan fingerprint density at radius 3 is 2.26 bits per heavy atom. The highest BCUT2D eigenvalue weighted by molar-refractivity contribution is 5.91. The molecule has 0 bridgehead atoms. The monoisotopic (exact) mass is 700 g/mol. The van der Waals surface area contributed by atoms with Gasteiger partial charge in [0.2, 0.25) is 0 Å². The van der Waals surface area contributed by atoms with Gasteiger partial charge in [-0.25, -0.2) is 0 Å². The fourth-order valence-electron chi connectivity index (χ4n) is 7.77. The van der Waals surface area contributed by atoms with Crippen LogP contribution < -0.4 is 0 Å². The Morgan fingerprint density at radius 2 is 1.66 bits per heavy atom. The SMILES string of the molecule is CC[C@H]1OC(=O)C[C@@H](O)[C@H](C)[C@@H](O[C@@H]2O[C@H](C)[C@@H](O)[C@H](N(C)C)[C@H]2O)[C@@H](CCN2Cc3ccccc3C2)C[C@@H](C)C(=O)/C=C\C(C)=C/[C@@H]1CO. The highest BCUT2D eigenvalue weighted by Crippen LogP contribution is 2.35. The molecule has 3 heterocycles. The van der Waals surface area contributed by atoms with Crippen molar-refractivity contribution in [1.82, 2.24) is 9.80 Å². The first-order valence-electron chi connectivity index (χ1n) is 18.2. The molecule has 1 fully saturated rings. The number of benzene rings is 1. The molecule has 4 N–H and O–H groups in total. The molecule has 50 heavy (non-hydrogen) atoms. The van der Waals surface area contributed by atoms with Crippen LogP contribution in [0.25, 0.3) is 0 Å². The molecule has 0 amide bonds. The molecular formula is C39H60N2O9. The Balaban J connectivity index is 1.70. The van der Waals surface area contributed by atoms with Gasteiger partial charge in [-0.05, 0) is 76.9 Å². The normalized spacial score (nSPS) is 38.4. The summed E-state index contributed by atoms with van der Waals surface area (Å²) >= 11 is 0. The molecule has 3 aliphatic rings. The van der Waals surface area contributed by atoms with E-state index in [0.717, 1.165) is 18.7 Å². The molecule has 4 rings (SSSR count). The van der Waals surface area contributed by atoms with Gasteiger partial charge in [0.1, 0.15) is 12.2 Å². The van der Waals surface area contributed by atoms with Gasteiger partial charge in [-0.2, -0.15) is 0 Å². The van der Waals surface area contributed by atoms with Crippen LogP contribution in [-0.2, 0) is 36.9 Å². The van der Waals surface area contributed by atoms with Crippen LogP contribution in [0.2, 0.25) is 0 Å². The summed E-state index contributed by atoms with van der Waals surface area (Å²) in [7, 11) is 3.55. The van der Waals surface area contributed by atoms with E-state index in [4.69, 9.17) is 14.2 Å². The smallest absolute Gasteiger partial charge is 0.308 e. The van der Waals surface area contributed by atoms with E-state index in [2.05, 4.69) is 17.0 Å². The summed E-state index contributed by atoms with van der Waals surface area (Å²) in [5, 5.41) is 44.1. The van der Waals surface area contributed by atoms with Gasteiger partial charge in [-0.3, -0.25) is 14.5 Å². The van der Waals surface area contributed by atoms with Gasteiger partial charge in [0, 0.05) is 30.8 Å². The Labute approximate surface area is 297 Å². The minimum absolute atomic E-state index is 0.0623. The van der Waals surface area contributed by atoms with Crippen LogP contribution in [0, 0.1) is 23.7 Å². The lowest BCUT2D eigenvalue weighted by Gasteiger charge is -2.46. The zero-order valence-corrected chi connectivity index (χ0v) is 30.9. The van der Waals surface area contributed by atoms with Crippen molar-refractivity contribution in [2.24, 2.45) is 23.7 Å². The summed E-state index contributed by atoms with van der Waals surface area (Å²) in [6, 6.07) is 7.69. The number of likely N-dealkylation sites (N-methyl/N-ethyl adjacent to an activating group) is 1. The second-order valence-electron chi connectivity index (χ2n) is 15.0. The number of carbonyl (C=O) groups excluding carboxylic acids is 2. The van der Waals surface area contributed by atoms with Crippen LogP contribution in [0.3, 0.4) is 0 Å². The number of hydrogen-bond acceptors (Lipinski definition) is 11. The van der Waals surface area contributed by atoms with Gasteiger partial charge in [0.15, 0.2) is 12.1 Å². The lowest BCUT2D eigenvalue weighted by atomic mass is 9.79. The topological polar surface area (TPSA) is 149 Å². The summed E-state index contributed by atoms with van der Waals surface area (Å²) in [5.41, 5.74) is 3.33. The van der Waals surface area contributed by atoms with Gasteiger partial charge in [0.25, 0.3) is 0 Å². The number of carbonyl (C=O) groups is 2. The number of aliphatic hydroxyl groups excluding tert-OH is 4. The van der Waals surface area contributed by atoms with E-state index in [0.29, 0.717) is 25.8 Å². The Hall–Kier alpha value is -2.48. The molecule has 1 saturated heterocycles. The Kier molecular flexibility index (Phi) is 14.8. The van der Waals surface area contributed by atoms with Crippen molar-refractivity contribution in [1.29, 1.82) is 0 Å². The van der Waals surface area contributed by atoms with Gasteiger partial charge in [0.05, 0.1) is 43.5 Å². The van der Waals surface area contributed by atoms with Gasteiger partial charge in [-0.15, -0.1) is 0 Å². The molecule has 0 aliphatic carbocycles. The van der Waals surface area contributed by atoms with Crippen LogP contribution >= 0.6 is 0 Å². The second kappa shape index (κ2) is 18.3. The molecule has 0 saturated carbocycles. The molecule has 1 aromatic carbocycles. The largest absolute Gasteiger partial charge is 0.462 e. The first-order valence-corrected chi connectivity index (χ1v) is 18.2. The molecule has 11 heteroatoms. The molecule has 11 nitrogen and oxygen atoms in total. The summed E-state index contributed by atoms with van der Waals surface area (Å²) < 4.78 is 18.6. The van der Waals surface area contributed by atoms with Gasteiger partial charge < -0.3 is 39.5 Å². The standard InChI is InChI=1S/C39H60N2O9/c1-8-33-30(22-42)17-23(2)13-14-31(43)24(3)18-27(15-16-41-20-28-11-9-10-12-29(28)21-41)38(25(4)32(44)19-34(45)49-33)50-39-37(47)35(40(6)7)36(46)26(5)48-39/h9-14,17,24-27,30,32-33,35-39,42,44,46-47H,8,15-16,18-22H2,1-7H3/b14-13-,23-17-/t24-,25+,26-,27+,30-,32-,33-,35+,36-,37-,38-,39+/m1/s1. The zero-order chi connectivity index (χ0) is 36.7. The molecule has 0 radical (unpaired) electrons. The lowest BCUT2D eigenvalue weighted by molar-refractivity contribution is -0.304. The van der Waals surface area contributed by atoms with E-state index in [-0.39, 0.29) is 24.7 Å². The van der Waals surface area contributed by atoms with E-state index in [9.17, 15) is 30.0 Å².